The summed E-state index contributed by atoms with van der Waals surface area (Å²) in [5, 5.41) is 6.00. The van der Waals surface area contributed by atoms with Crippen molar-refractivity contribution in [1.29, 1.82) is 0 Å². The minimum atomic E-state index is -0.750. The molecule has 0 radical (unpaired) electrons. The van der Waals surface area contributed by atoms with Crippen LogP contribution < -0.4 is 16.8 Å². The van der Waals surface area contributed by atoms with Gasteiger partial charge in [-0.1, -0.05) is 60.7 Å². The number of hydrogen-bond acceptors (Lipinski definition) is 3. The van der Waals surface area contributed by atoms with Crippen molar-refractivity contribution in [2.45, 2.75) is 18.9 Å². The van der Waals surface area contributed by atoms with Gasteiger partial charge in [-0.2, -0.15) is 0 Å². The molecule has 0 saturated carbocycles. The number of H-pyrrole nitrogens is 1. The van der Waals surface area contributed by atoms with Crippen molar-refractivity contribution in [2.24, 2.45) is 16.5 Å². The lowest BCUT2D eigenvalue weighted by Crippen LogP contribution is -2.44. The summed E-state index contributed by atoms with van der Waals surface area (Å²) in [5.41, 5.74) is 13.6. The number of benzene rings is 3. The first-order valence-electron chi connectivity index (χ1n) is 10.4. The van der Waals surface area contributed by atoms with Crippen molar-refractivity contribution >= 4 is 39.3 Å². The average Bonchev–Trinajstić information content (AvgIpc) is 3.20. The predicted molar refractivity (Wildman–Crippen MR) is 127 cm³/mol. The molecule has 7 nitrogen and oxygen atoms in total. The maximum absolute atomic E-state index is 12.9. The molecule has 4 aromatic rings. The van der Waals surface area contributed by atoms with Gasteiger partial charge in [-0.25, -0.2) is 4.99 Å². The number of ketones is 1. The quantitative estimate of drug-likeness (QED) is 0.254. The number of nitrogens with one attached hydrogen (secondary N) is 2. The van der Waals surface area contributed by atoms with Gasteiger partial charge >= 0.3 is 0 Å². The largest absolute Gasteiger partial charge is 0.370 e. The van der Waals surface area contributed by atoms with Crippen LogP contribution in [0, 0.1) is 0 Å². The van der Waals surface area contributed by atoms with Crippen LogP contribution in [0.1, 0.15) is 11.1 Å². The third-order valence-corrected chi connectivity index (χ3v) is 5.47. The Hall–Kier alpha value is -4.13. The third kappa shape index (κ3) is 4.78. The summed E-state index contributed by atoms with van der Waals surface area (Å²) in [4.78, 5) is 32.8. The monoisotopic (exact) mass is 427 g/mol. The van der Waals surface area contributed by atoms with E-state index in [9.17, 15) is 9.59 Å². The number of fused-ring (bicyclic) bond motifs is 2. The van der Waals surface area contributed by atoms with Crippen LogP contribution in [-0.4, -0.2) is 35.2 Å². The lowest BCUT2D eigenvalue weighted by molar-refractivity contribution is -0.126. The number of nitrogens with zero attached hydrogens (tertiary/aromatic N) is 1. The summed E-state index contributed by atoms with van der Waals surface area (Å²) >= 11 is 0. The molecule has 1 amide bonds. The lowest BCUT2D eigenvalue weighted by Gasteiger charge is -2.17. The van der Waals surface area contributed by atoms with E-state index in [0.717, 1.165) is 32.8 Å². The van der Waals surface area contributed by atoms with E-state index in [4.69, 9.17) is 11.5 Å². The van der Waals surface area contributed by atoms with Gasteiger partial charge in [0.2, 0.25) is 5.91 Å². The molecule has 3 aromatic carbocycles. The van der Waals surface area contributed by atoms with Crippen LogP contribution in [-0.2, 0) is 22.4 Å². The van der Waals surface area contributed by atoms with E-state index < -0.39 is 6.04 Å². The molecule has 1 atom stereocenters. The molecular weight excluding hydrogens is 402 g/mol. The molecule has 162 valence electrons. The molecule has 1 aromatic heterocycles. The molecule has 0 bridgehead atoms. The first kappa shape index (κ1) is 21.1. The third-order valence-electron chi connectivity index (χ3n) is 5.47. The van der Waals surface area contributed by atoms with E-state index in [1.807, 2.05) is 72.9 Å². The first-order chi connectivity index (χ1) is 15.5. The second kappa shape index (κ2) is 9.34. The number of rotatable bonds is 8. The van der Waals surface area contributed by atoms with Crippen molar-refractivity contribution in [2.75, 3.05) is 6.54 Å². The molecule has 0 spiro atoms. The molecule has 0 aliphatic rings. The molecule has 0 aliphatic carbocycles. The topological polar surface area (TPSA) is 126 Å². The van der Waals surface area contributed by atoms with Gasteiger partial charge in [-0.15, -0.1) is 0 Å². The molecule has 0 saturated heterocycles. The van der Waals surface area contributed by atoms with Gasteiger partial charge in [-0.3, -0.25) is 9.59 Å². The summed E-state index contributed by atoms with van der Waals surface area (Å²) in [7, 11) is 0. The number of Topliss-reactive ketones (excluding diaryl/α,β-unsaturated/α-hetero) is 1. The summed E-state index contributed by atoms with van der Waals surface area (Å²) < 4.78 is 0. The molecular formula is C25H25N5O2. The Kier molecular flexibility index (Phi) is 6.17. The summed E-state index contributed by atoms with van der Waals surface area (Å²) in [6.45, 7) is -0.191. The molecule has 7 heteroatoms. The first-order valence-corrected chi connectivity index (χ1v) is 10.4. The van der Waals surface area contributed by atoms with Crippen LogP contribution in [0.4, 0.5) is 0 Å². The highest BCUT2D eigenvalue weighted by Crippen LogP contribution is 2.21. The Morgan fingerprint density at radius 2 is 1.62 bits per heavy atom. The van der Waals surface area contributed by atoms with Crippen LogP contribution in [0.15, 0.2) is 77.9 Å². The van der Waals surface area contributed by atoms with Gasteiger partial charge in [-0.05, 0) is 28.0 Å². The number of para-hydroxylation sites is 1. The predicted octanol–water partition coefficient (Wildman–Crippen LogP) is 2.43. The number of aromatic nitrogens is 1. The minimum absolute atomic E-state index is 0.161. The van der Waals surface area contributed by atoms with Crippen LogP contribution >= 0.6 is 0 Å². The number of carbonyl (C=O) groups excluding carboxylic acids is 2. The van der Waals surface area contributed by atoms with Crippen molar-refractivity contribution < 1.29 is 9.59 Å². The molecule has 1 unspecified atom stereocenters. The highest BCUT2D eigenvalue weighted by Gasteiger charge is 2.22. The second-order valence-electron chi connectivity index (χ2n) is 7.71. The number of guanidine groups is 1. The zero-order valence-electron chi connectivity index (χ0n) is 17.5. The van der Waals surface area contributed by atoms with E-state index in [-0.39, 0.29) is 30.6 Å². The summed E-state index contributed by atoms with van der Waals surface area (Å²) in [6, 6.07) is 20.9. The maximum Gasteiger partial charge on any atom is 0.225 e. The smallest absolute Gasteiger partial charge is 0.225 e. The van der Waals surface area contributed by atoms with Crippen molar-refractivity contribution in [1.82, 2.24) is 10.3 Å². The standard InChI is InChI=1S/C25H25N5O2/c26-25(27)29-15-23(31)22(12-18-14-28-21-11-4-3-10-20(18)21)30-24(32)13-17-8-5-7-16-6-1-2-9-19(16)17/h1-11,14,22,28H,12-13,15H2,(H,30,32)(H4,26,27,29). The van der Waals surface area contributed by atoms with Crippen molar-refractivity contribution in [3.05, 3.63) is 84.1 Å². The lowest BCUT2D eigenvalue weighted by atomic mass is 9.99. The SMILES string of the molecule is NC(N)=NCC(=O)C(Cc1c[nH]c2ccccc12)NC(=O)Cc1cccc2ccccc12. The number of amides is 1. The van der Waals surface area contributed by atoms with E-state index in [0.29, 0.717) is 6.42 Å². The Balaban J connectivity index is 1.55. The van der Waals surface area contributed by atoms with Gasteiger partial charge in [0, 0.05) is 23.5 Å². The molecule has 0 aliphatic heterocycles. The number of hydrogen-bond donors (Lipinski definition) is 4. The zero-order chi connectivity index (χ0) is 22.5. The summed E-state index contributed by atoms with van der Waals surface area (Å²) in [5.74, 6) is -0.648. The van der Waals surface area contributed by atoms with Gasteiger partial charge in [0.25, 0.3) is 0 Å². The molecule has 4 rings (SSSR count). The fraction of sp³-hybridized carbons (Fsp3) is 0.160. The molecule has 0 fully saturated rings. The van der Waals surface area contributed by atoms with E-state index in [2.05, 4.69) is 15.3 Å². The Morgan fingerprint density at radius 1 is 0.906 bits per heavy atom. The average molecular weight is 428 g/mol. The van der Waals surface area contributed by atoms with Crippen LogP contribution in [0.2, 0.25) is 0 Å². The van der Waals surface area contributed by atoms with Crippen molar-refractivity contribution in [3.8, 4) is 0 Å². The van der Waals surface area contributed by atoms with E-state index >= 15 is 0 Å². The van der Waals surface area contributed by atoms with Crippen LogP contribution in [0.5, 0.6) is 0 Å². The van der Waals surface area contributed by atoms with Gasteiger partial charge in [0.15, 0.2) is 11.7 Å². The molecule has 6 N–H and O–H groups in total. The van der Waals surface area contributed by atoms with E-state index in [1.54, 1.807) is 0 Å². The van der Waals surface area contributed by atoms with E-state index in [1.165, 1.54) is 0 Å². The highest BCUT2D eigenvalue weighted by atomic mass is 16.2. The van der Waals surface area contributed by atoms with Gasteiger partial charge in [0.1, 0.15) is 6.54 Å². The number of aliphatic imine (C=N–C) groups is 1. The fourth-order valence-electron chi connectivity index (χ4n) is 3.91. The summed E-state index contributed by atoms with van der Waals surface area (Å²) in [6.07, 6.45) is 2.37. The van der Waals surface area contributed by atoms with Gasteiger partial charge in [0.05, 0.1) is 12.5 Å². The zero-order valence-corrected chi connectivity index (χ0v) is 17.5. The maximum atomic E-state index is 12.9. The molecule has 32 heavy (non-hydrogen) atoms. The minimum Gasteiger partial charge on any atom is -0.370 e. The molecule has 1 heterocycles. The number of nitrogens with two attached hydrogens (primary N) is 2. The van der Waals surface area contributed by atoms with Crippen molar-refractivity contribution in [3.63, 3.8) is 0 Å². The van der Waals surface area contributed by atoms with Crippen LogP contribution in [0.25, 0.3) is 21.7 Å². The highest BCUT2D eigenvalue weighted by molar-refractivity contribution is 5.95. The normalized spacial score (nSPS) is 11.9. The van der Waals surface area contributed by atoms with Gasteiger partial charge < -0.3 is 21.8 Å². The number of carbonyl (C=O) groups is 2. The Labute approximate surface area is 185 Å². The Bertz CT molecular complexity index is 1300. The number of aromatic amines is 1. The second-order valence-corrected chi connectivity index (χ2v) is 7.71. The fourth-order valence-corrected chi connectivity index (χ4v) is 3.91. The van der Waals surface area contributed by atoms with Crippen LogP contribution in [0.3, 0.4) is 0 Å². The Morgan fingerprint density at radius 3 is 2.44 bits per heavy atom.